The van der Waals surface area contributed by atoms with Crippen molar-refractivity contribution in [1.29, 1.82) is 0 Å². The van der Waals surface area contributed by atoms with Crippen molar-refractivity contribution >= 4 is 44.7 Å². The molecule has 1 N–H and O–H groups in total. The second-order valence-corrected chi connectivity index (χ2v) is 9.66. The molecule has 2 heterocycles. The van der Waals surface area contributed by atoms with E-state index in [0.29, 0.717) is 10.9 Å². The first-order valence-corrected chi connectivity index (χ1v) is 10.9. The molecule has 1 aromatic carbocycles. The number of sulfonamides is 1. The van der Waals surface area contributed by atoms with E-state index >= 15 is 0 Å². The molecule has 3 rings (SSSR count). The van der Waals surface area contributed by atoms with Gasteiger partial charge in [0.2, 0.25) is 10.0 Å². The first-order valence-electron chi connectivity index (χ1n) is 8.18. The van der Waals surface area contributed by atoms with Crippen molar-refractivity contribution < 1.29 is 17.9 Å². The van der Waals surface area contributed by atoms with Gasteiger partial charge in [-0.3, -0.25) is 4.90 Å². The zero-order chi connectivity index (χ0) is 18.9. The molecule has 0 bridgehead atoms. The summed E-state index contributed by atoms with van der Waals surface area (Å²) in [5.74, 6) is 0. The number of amides is 1. The van der Waals surface area contributed by atoms with Crippen molar-refractivity contribution in [2.24, 2.45) is 0 Å². The van der Waals surface area contributed by atoms with Crippen LogP contribution in [0, 0.1) is 0 Å². The van der Waals surface area contributed by atoms with Gasteiger partial charge in [-0.2, -0.15) is 0 Å². The number of ether oxygens (including phenoxy) is 1. The number of cyclic esters (lactones) is 1. The molecular weight excluding hydrogens is 396 g/mol. The molecule has 9 heteroatoms. The van der Waals surface area contributed by atoms with Crippen LogP contribution in [-0.4, -0.2) is 21.1 Å². The average Bonchev–Trinajstić information content (AvgIpc) is 3.04. The lowest BCUT2D eigenvalue weighted by molar-refractivity contribution is 0.107. The Balaban J connectivity index is 1.80. The SMILES string of the molecule is CCCN1C(=O)OC(C)c2cc(CNS(=O)(=O)c3ccc(Cl)s3)ccc21. The summed E-state index contributed by atoms with van der Waals surface area (Å²) in [7, 11) is -3.61. The highest BCUT2D eigenvalue weighted by Gasteiger charge is 2.30. The standard InChI is InChI=1S/C17H19ClN2O4S2/c1-3-8-20-14-5-4-12(9-13(14)11(2)24-17(20)21)10-19-26(22,23)16-7-6-15(18)25-16/h4-7,9,11,19H,3,8,10H2,1-2H3. The minimum atomic E-state index is -3.61. The largest absolute Gasteiger partial charge is 0.441 e. The summed E-state index contributed by atoms with van der Waals surface area (Å²) >= 11 is 6.82. The molecule has 1 aromatic heterocycles. The minimum Gasteiger partial charge on any atom is -0.441 e. The minimum absolute atomic E-state index is 0.138. The van der Waals surface area contributed by atoms with Crippen LogP contribution in [0.3, 0.4) is 0 Å². The number of anilines is 1. The van der Waals surface area contributed by atoms with E-state index in [-0.39, 0.29) is 23.0 Å². The Morgan fingerprint density at radius 2 is 2.08 bits per heavy atom. The lowest BCUT2D eigenvalue weighted by Gasteiger charge is -2.32. The van der Waals surface area contributed by atoms with Crippen LogP contribution in [0.2, 0.25) is 4.34 Å². The number of rotatable bonds is 6. The van der Waals surface area contributed by atoms with Gasteiger partial charge in [0.25, 0.3) is 0 Å². The van der Waals surface area contributed by atoms with Crippen molar-refractivity contribution in [2.45, 2.75) is 37.1 Å². The van der Waals surface area contributed by atoms with Gasteiger partial charge in [-0.1, -0.05) is 24.6 Å². The van der Waals surface area contributed by atoms with E-state index in [2.05, 4.69) is 4.72 Å². The maximum absolute atomic E-state index is 12.3. The molecule has 2 aromatic rings. The fourth-order valence-electron chi connectivity index (χ4n) is 2.79. The van der Waals surface area contributed by atoms with Crippen LogP contribution in [0.5, 0.6) is 0 Å². The summed E-state index contributed by atoms with van der Waals surface area (Å²) in [6, 6.07) is 8.56. The highest BCUT2D eigenvalue weighted by atomic mass is 35.5. The van der Waals surface area contributed by atoms with E-state index in [1.165, 1.54) is 6.07 Å². The molecule has 1 aliphatic rings. The fraction of sp³-hybridized carbons (Fsp3) is 0.353. The van der Waals surface area contributed by atoms with Crippen molar-refractivity contribution in [3.63, 3.8) is 0 Å². The Morgan fingerprint density at radius 1 is 1.31 bits per heavy atom. The van der Waals surface area contributed by atoms with Crippen LogP contribution in [0.15, 0.2) is 34.5 Å². The Bertz CT molecular complexity index is 927. The van der Waals surface area contributed by atoms with E-state index < -0.39 is 10.0 Å². The quantitative estimate of drug-likeness (QED) is 0.764. The summed E-state index contributed by atoms with van der Waals surface area (Å²) in [5.41, 5.74) is 2.47. The van der Waals surface area contributed by atoms with Gasteiger partial charge in [-0.25, -0.2) is 17.9 Å². The normalized spacial score (nSPS) is 17.1. The molecule has 1 amide bonds. The first kappa shape index (κ1) is 19.2. The van der Waals surface area contributed by atoms with E-state index in [1.807, 2.05) is 32.0 Å². The number of carbonyl (C=O) groups is 1. The molecule has 1 unspecified atom stereocenters. The average molecular weight is 415 g/mol. The molecule has 1 atom stereocenters. The van der Waals surface area contributed by atoms with Crippen LogP contribution in [0.25, 0.3) is 0 Å². The Morgan fingerprint density at radius 3 is 2.73 bits per heavy atom. The Labute approximate surface area is 161 Å². The van der Waals surface area contributed by atoms with Crippen LogP contribution >= 0.6 is 22.9 Å². The van der Waals surface area contributed by atoms with Crippen LogP contribution in [-0.2, 0) is 21.3 Å². The number of halogens is 1. The zero-order valence-electron chi connectivity index (χ0n) is 14.4. The van der Waals surface area contributed by atoms with E-state index in [1.54, 1.807) is 11.0 Å². The van der Waals surface area contributed by atoms with Gasteiger partial charge in [0.05, 0.1) is 10.0 Å². The predicted octanol–water partition coefficient (Wildman–Crippen LogP) is 4.31. The molecular formula is C17H19ClN2O4S2. The van der Waals surface area contributed by atoms with Crippen molar-refractivity contribution in [3.05, 3.63) is 45.8 Å². The van der Waals surface area contributed by atoms with Crippen molar-refractivity contribution in [1.82, 2.24) is 4.72 Å². The monoisotopic (exact) mass is 414 g/mol. The number of carbonyl (C=O) groups excluding carboxylic acids is 1. The number of hydrogen-bond acceptors (Lipinski definition) is 5. The maximum atomic E-state index is 12.3. The van der Waals surface area contributed by atoms with Gasteiger partial charge in [0, 0.05) is 18.7 Å². The summed E-state index contributed by atoms with van der Waals surface area (Å²) in [4.78, 5) is 13.7. The molecule has 0 aliphatic carbocycles. The van der Waals surface area contributed by atoms with E-state index in [0.717, 1.165) is 34.6 Å². The van der Waals surface area contributed by atoms with Crippen molar-refractivity contribution in [3.8, 4) is 0 Å². The third-order valence-corrected chi connectivity index (χ3v) is 7.17. The summed E-state index contributed by atoms with van der Waals surface area (Å²) < 4.78 is 33.2. The molecule has 6 nitrogen and oxygen atoms in total. The number of nitrogens with one attached hydrogen (secondary N) is 1. The highest BCUT2D eigenvalue weighted by Crippen LogP contribution is 2.35. The summed E-state index contributed by atoms with van der Waals surface area (Å²) in [6.07, 6.45) is 0.0848. The van der Waals surface area contributed by atoms with Crippen molar-refractivity contribution in [2.75, 3.05) is 11.4 Å². The maximum Gasteiger partial charge on any atom is 0.414 e. The topological polar surface area (TPSA) is 75.7 Å². The number of nitrogens with zero attached hydrogens (tertiary/aromatic N) is 1. The predicted molar refractivity (Wildman–Crippen MR) is 102 cm³/mol. The second kappa shape index (κ2) is 7.56. The lowest BCUT2D eigenvalue weighted by atomic mass is 10.0. The zero-order valence-corrected chi connectivity index (χ0v) is 16.7. The number of hydrogen-bond donors (Lipinski definition) is 1. The van der Waals surface area contributed by atoms with Crippen LogP contribution in [0.1, 0.15) is 37.5 Å². The summed E-state index contributed by atoms with van der Waals surface area (Å²) in [5, 5.41) is 0. The molecule has 0 saturated carbocycles. The third-order valence-electron chi connectivity index (χ3n) is 4.05. The fourth-order valence-corrected chi connectivity index (χ4v) is 5.33. The molecule has 0 spiro atoms. The Kier molecular flexibility index (Phi) is 5.57. The van der Waals surface area contributed by atoms with Gasteiger partial charge in [-0.15, -0.1) is 11.3 Å². The molecule has 26 heavy (non-hydrogen) atoms. The van der Waals surface area contributed by atoms with E-state index in [9.17, 15) is 13.2 Å². The van der Waals surface area contributed by atoms with Crippen LogP contribution < -0.4 is 9.62 Å². The number of fused-ring (bicyclic) bond motifs is 1. The van der Waals surface area contributed by atoms with Crippen LogP contribution in [0.4, 0.5) is 10.5 Å². The molecule has 0 saturated heterocycles. The number of benzene rings is 1. The van der Waals surface area contributed by atoms with E-state index in [4.69, 9.17) is 16.3 Å². The molecule has 0 radical (unpaired) electrons. The number of thiophene rings is 1. The second-order valence-electron chi connectivity index (χ2n) is 5.95. The van der Waals surface area contributed by atoms with Gasteiger partial charge >= 0.3 is 6.09 Å². The van der Waals surface area contributed by atoms with Gasteiger partial charge in [0.1, 0.15) is 10.3 Å². The first-order chi connectivity index (χ1) is 12.3. The third kappa shape index (κ3) is 3.88. The highest BCUT2D eigenvalue weighted by molar-refractivity contribution is 7.91. The lowest BCUT2D eigenvalue weighted by Crippen LogP contribution is -2.37. The smallest absolute Gasteiger partial charge is 0.414 e. The molecule has 0 fully saturated rings. The van der Waals surface area contributed by atoms with Gasteiger partial charge < -0.3 is 4.74 Å². The Hall–Kier alpha value is -1.61. The summed E-state index contributed by atoms with van der Waals surface area (Å²) in [6.45, 7) is 4.51. The molecule has 140 valence electrons. The van der Waals surface area contributed by atoms with Gasteiger partial charge in [-0.05, 0) is 43.2 Å². The van der Waals surface area contributed by atoms with Gasteiger partial charge in [0.15, 0.2) is 0 Å². The molecule has 1 aliphatic heterocycles.